The van der Waals surface area contributed by atoms with Crippen LogP contribution in [0.2, 0.25) is 0 Å². The van der Waals surface area contributed by atoms with Gasteiger partial charge < -0.3 is 20.6 Å². The first-order chi connectivity index (χ1) is 18.3. The summed E-state index contributed by atoms with van der Waals surface area (Å²) in [6, 6.07) is 13.1. The average molecular weight is 623 g/mol. The molecule has 3 N–H and O–H groups in total. The Morgan fingerprint density at radius 1 is 1.05 bits per heavy atom. The first-order valence-corrected chi connectivity index (χ1v) is 14.9. The third-order valence-corrected chi connectivity index (χ3v) is 7.77. The molecule has 0 aliphatic heterocycles. The van der Waals surface area contributed by atoms with Crippen LogP contribution in [-0.4, -0.2) is 53.6 Å². The summed E-state index contributed by atoms with van der Waals surface area (Å²) in [7, 11) is 0. The van der Waals surface area contributed by atoms with Crippen molar-refractivity contribution in [3.63, 3.8) is 0 Å². The van der Waals surface area contributed by atoms with E-state index < -0.39 is 6.10 Å². The second-order valence-electron chi connectivity index (χ2n) is 10.7. The summed E-state index contributed by atoms with van der Waals surface area (Å²) >= 11 is 3.50. The van der Waals surface area contributed by atoms with E-state index in [9.17, 15) is 14.7 Å². The van der Waals surface area contributed by atoms with E-state index in [0.717, 1.165) is 47.7 Å². The zero-order valence-electron chi connectivity index (χ0n) is 23.5. The smallest absolute Gasteiger partial charge is 0.253 e. The van der Waals surface area contributed by atoms with Crippen LogP contribution in [0.15, 0.2) is 46.9 Å². The lowest BCUT2D eigenvalue weighted by Crippen LogP contribution is -2.48. The third kappa shape index (κ3) is 10.5. The van der Waals surface area contributed by atoms with E-state index >= 15 is 0 Å². The van der Waals surface area contributed by atoms with Gasteiger partial charge in [-0.15, -0.1) is 12.4 Å². The minimum absolute atomic E-state index is 0. The molecule has 39 heavy (non-hydrogen) atoms. The molecule has 1 aliphatic rings. The molecule has 0 heterocycles. The fourth-order valence-electron chi connectivity index (χ4n) is 5.40. The minimum atomic E-state index is -0.720. The van der Waals surface area contributed by atoms with Crippen LogP contribution in [0.5, 0.6) is 0 Å². The van der Waals surface area contributed by atoms with Gasteiger partial charge in [0.15, 0.2) is 0 Å². The largest absolute Gasteiger partial charge is 0.390 e. The fourth-order valence-corrected chi connectivity index (χ4v) is 5.84. The maximum absolute atomic E-state index is 13.4. The van der Waals surface area contributed by atoms with Crippen molar-refractivity contribution in [2.24, 2.45) is 5.92 Å². The number of hydrogen-bond donors (Lipinski definition) is 3. The second-order valence-corrected chi connectivity index (χ2v) is 11.6. The Labute approximate surface area is 248 Å². The predicted molar refractivity (Wildman–Crippen MR) is 165 cm³/mol. The average Bonchev–Trinajstić information content (AvgIpc) is 3.40. The molecule has 2 atom stereocenters. The lowest BCUT2D eigenvalue weighted by molar-refractivity contribution is 0.0755. The quantitative estimate of drug-likeness (QED) is 0.232. The first kappa shape index (κ1) is 33.3. The van der Waals surface area contributed by atoms with Gasteiger partial charge in [0.2, 0.25) is 0 Å². The van der Waals surface area contributed by atoms with Crippen LogP contribution in [0.1, 0.15) is 90.6 Å². The Balaban J connectivity index is 0.00000533. The van der Waals surface area contributed by atoms with Crippen LogP contribution in [0.4, 0.5) is 0 Å². The van der Waals surface area contributed by atoms with Crippen molar-refractivity contribution < 1.29 is 14.7 Å². The van der Waals surface area contributed by atoms with E-state index in [4.69, 9.17) is 0 Å². The summed E-state index contributed by atoms with van der Waals surface area (Å²) in [6.07, 6.45) is 6.50. The number of aryl methyl sites for hydroxylation is 1. The van der Waals surface area contributed by atoms with E-state index in [1.807, 2.05) is 42.2 Å². The van der Waals surface area contributed by atoms with Crippen molar-refractivity contribution in [1.82, 2.24) is 15.5 Å². The molecular formula is C31H45BrClN3O3. The number of aliphatic hydroxyl groups is 1. The normalized spacial score (nSPS) is 14.9. The number of carbonyl (C=O) groups is 2. The number of rotatable bonds is 14. The molecule has 0 spiro atoms. The van der Waals surface area contributed by atoms with Crippen LogP contribution < -0.4 is 10.6 Å². The van der Waals surface area contributed by atoms with Crippen LogP contribution in [0.25, 0.3) is 0 Å². The molecule has 0 saturated heterocycles. The molecule has 1 saturated carbocycles. The molecule has 2 aromatic carbocycles. The lowest BCUT2D eigenvalue weighted by atomic mass is 9.94. The highest BCUT2D eigenvalue weighted by Gasteiger charge is 2.27. The summed E-state index contributed by atoms with van der Waals surface area (Å²) in [4.78, 5) is 28.5. The molecule has 8 heteroatoms. The maximum Gasteiger partial charge on any atom is 0.253 e. The van der Waals surface area contributed by atoms with E-state index in [0.29, 0.717) is 43.2 Å². The first-order valence-electron chi connectivity index (χ1n) is 14.2. The molecule has 216 valence electrons. The topological polar surface area (TPSA) is 81.7 Å². The van der Waals surface area contributed by atoms with Gasteiger partial charge in [0, 0.05) is 41.8 Å². The minimum Gasteiger partial charge on any atom is -0.390 e. The van der Waals surface area contributed by atoms with Gasteiger partial charge in [0.25, 0.3) is 11.8 Å². The van der Waals surface area contributed by atoms with Gasteiger partial charge in [-0.1, -0.05) is 67.6 Å². The highest BCUT2D eigenvalue weighted by molar-refractivity contribution is 9.10. The van der Waals surface area contributed by atoms with Crippen LogP contribution in [-0.2, 0) is 6.54 Å². The number of benzene rings is 2. The lowest BCUT2D eigenvalue weighted by Gasteiger charge is -2.27. The van der Waals surface area contributed by atoms with Gasteiger partial charge in [-0.3, -0.25) is 9.59 Å². The molecule has 6 nitrogen and oxygen atoms in total. The number of carbonyl (C=O) groups excluding carboxylic acids is 2. The number of aliphatic hydroxyl groups excluding tert-OH is 1. The van der Waals surface area contributed by atoms with E-state index in [1.165, 1.54) is 12.8 Å². The van der Waals surface area contributed by atoms with Gasteiger partial charge in [0.05, 0.1) is 12.1 Å². The summed E-state index contributed by atoms with van der Waals surface area (Å²) in [5.74, 6) is 0.228. The molecule has 0 aromatic heterocycles. The number of nitrogens with zero attached hydrogens (tertiary/aromatic N) is 1. The SMILES string of the molecule is CCCN(CCC)C(=O)c1cc(C)cc(C(=O)N[C@@H](CC2CCCC2)[C@H](O)CNCc2cccc(Br)c2)c1.Cl. The second kappa shape index (κ2) is 17.0. The Kier molecular flexibility index (Phi) is 14.5. The monoisotopic (exact) mass is 621 g/mol. The molecule has 1 fully saturated rings. The predicted octanol–water partition coefficient (Wildman–Crippen LogP) is 6.27. The standard InChI is InChI=1S/C31H44BrN3O3.ClH/c1-4-13-35(14-5-2)31(38)26-16-22(3)15-25(19-26)30(37)34-28(18-23-9-6-7-10-23)29(36)21-33-20-24-11-8-12-27(32)17-24;/h8,11-12,15-17,19,23,28-29,33,36H,4-7,9-10,13-14,18,20-21H2,1-3H3,(H,34,37);1H/t28-,29+;/m0./s1. The fraction of sp³-hybridized carbons (Fsp3) is 0.548. The molecule has 2 amide bonds. The molecule has 0 radical (unpaired) electrons. The van der Waals surface area contributed by atoms with Gasteiger partial charge >= 0.3 is 0 Å². The number of halogens is 2. The Morgan fingerprint density at radius 2 is 1.72 bits per heavy atom. The number of amides is 2. The summed E-state index contributed by atoms with van der Waals surface area (Å²) in [5.41, 5.74) is 3.00. The van der Waals surface area contributed by atoms with Gasteiger partial charge in [-0.25, -0.2) is 0 Å². The highest BCUT2D eigenvalue weighted by Crippen LogP contribution is 2.29. The van der Waals surface area contributed by atoms with Crippen molar-refractivity contribution in [2.45, 2.75) is 84.4 Å². The Morgan fingerprint density at radius 3 is 2.36 bits per heavy atom. The van der Waals surface area contributed by atoms with Crippen molar-refractivity contribution in [3.8, 4) is 0 Å². The Hall–Kier alpha value is -1.93. The zero-order chi connectivity index (χ0) is 27.5. The molecule has 3 rings (SSSR count). The third-order valence-electron chi connectivity index (χ3n) is 7.28. The van der Waals surface area contributed by atoms with Crippen molar-refractivity contribution >= 4 is 40.2 Å². The number of nitrogens with one attached hydrogen (secondary N) is 2. The molecule has 0 bridgehead atoms. The van der Waals surface area contributed by atoms with Crippen LogP contribution in [0, 0.1) is 12.8 Å². The van der Waals surface area contributed by atoms with E-state index in [2.05, 4.69) is 46.5 Å². The van der Waals surface area contributed by atoms with E-state index in [1.54, 1.807) is 6.07 Å². The van der Waals surface area contributed by atoms with E-state index in [-0.39, 0.29) is 30.3 Å². The van der Waals surface area contributed by atoms with Crippen LogP contribution >= 0.6 is 28.3 Å². The van der Waals surface area contributed by atoms with Crippen LogP contribution in [0.3, 0.4) is 0 Å². The maximum atomic E-state index is 13.4. The molecular weight excluding hydrogens is 578 g/mol. The van der Waals surface area contributed by atoms with Crippen molar-refractivity contribution in [1.29, 1.82) is 0 Å². The van der Waals surface area contributed by atoms with Crippen molar-refractivity contribution in [2.75, 3.05) is 19.6 Å². The summed E-state index contributed by atoms with van der Waals surface area (Å²) in [6.45, 7) is 8.45. The molecule has 0 unspecified atom stereocenters. The van der Waals surface area contributed by atoms with Gasteiger partial charge in [-0.2, -0.15) is 0 Å². The summed E-state index contributed by atoms with van der Waals surface area (Å²) in [5, 5.41) is 17.6. The van der Waals surface area contributed by atoms with Gasteiger partial charge in [0.1, 0.15) is 0 Å². The van der Waals surface area contributed by atoms with Gasteiger partial charge in [-0.05, 0) is 73.6 Å². The number of hydrogen-bond acceptors (Lipinski definition) is 4. The summed E-state index contributed by atoms with van der Waals surface area (Å²) < 4.78 is 1.02. The highest BCUT2D eigenvalue weighted by atomic mass is 79.9. The molecule has 1 aliphatic carbocycles. The Bertz CT molecular complexity index is 1060. The molecule has 2 aromatic rings. The zero-order valence-corrected chi connectivity index (χ0v) is 26.0. The van der Waals surface area contributed by atoms with Crippen molar-refractivity contribution in [3.05, 3.63) is 69.2 Å².